The topological polar surface area (TPSA) is 33.1 Å². The van der Waals surface area contributed by atoms with Crippen LogP contribution >= 0.6 is 22.9 Å². The Morgan fingerprint density at radius 2 is 2.22 bits per heavy atom. The molecule has 0 saturated carbocycles. The van der Waals surface area contributed by atoms with Gasteiger partial charge in [0, 0.05) is 17.5 Å². The molecule has 96 valence electrons. The molecular formula is C13H13ClFNOS. The number of aliphatic hydroxyl groups excluding tert-OH is 1. The molecule has 2 aromatic rings. The third-order valence-corrected chi connectivity index (χ3v) is 3.81. The first-order valence-corrected chi connectivity index (χ1v) is 6.83. The zero-order valence-corrected chi connectivity index (χ0v) is 11.4. The second kappa shape index (κ2) is 5.78. The van der Waals surface area contributed by atoms with Crippen LogP contribution in [-0.2, 0) is 12.8 Å². The van der Waals surface area contributed by atoms with Gasteiger partial charge in [0.15, 0.2) is 0 Å². The first-order valence-electron chi connectivity index (χ1n) is 5.57. The van der Waals surface area contributed by atoms with Gasteiger partial charge in [0.2, 0.25) is 0 Å². The van der Waals surface area contributed by atoms with Gasteiger partial charge in [-0.15, -0.1) is 11.3 Å². The molecule has 0 aliphatic carbocycles. The summed E-state index contributed by atoms with van der Waals surface area (Å²) in [4.78, 5) is 4.30. The van der Waals surface area contributed by atoms with E-state index < -0.39 is 11.9 Å². The standard InChI is InChI=1S/C13H13ClFNOS/c1-8-7-18-13(16-8)6-10(17)4-9-2-3-12(15)11(14)5-9/h2-3,5,7,10,17H,4,6H2,1H3. The van der Waals surface area contributed by atoms with Crippen LogP contribution in [0.1, 0.15) is 16.3 Å². The van der Waals surface area contributed by atoms with Crippen LogP contribution in [0.5, 0.6) is 0 Å². The van der Waals surface area contributed by atoms with Gasteiger partial charge in [0.05, 0.1) is 16.1 Å². The summed E-state index contributed by atoms with van der Waals surface area (Å²) >= 11 is 7.23. The van der Waals surface area contributed by atoms with Crippen molar-refractivity contribution in [1.29, 1.82) is 0 Å². The van der Waals surface area contributed by atoms with E-state index >= 15 is 0 Å². The minimum absolute atomic E-state index is 0.0878. The highest BCUT2D eigenvalue weighted by molar-refractivity contribution is 7.09. The molecule has 5 heteroatoms. The molecule has 0 fully saturated rings. The molecule has 1 N–H and O–H groups in total. The first-order chi connectivity index (χ1) is 8.54. The van der Waals surface area contributed by atoms with E-state index in [0.29, 0.717) is 12.8 Å². The lowest BCUT2D eigenvalue weighted by molar-refractivity contribution is 0.175. The highest BCUT2D eigenvalue weighted by Gasteiger charge is 2.10. The average molecular weight is 286 g/mol. The van der Waals surface area contributed by atoms with E-state index in [1.54, 1.807) is 12.1 Å². The predicted molar refractivity (Wildman–Crippen MR) is 71.7 cm³/mol. The summed E-state index contributed by atoms with van der Waals surface area (Å²) in [6.45, 7) is 1.92. The number of aliphatic hydroxyl groups is 1. The van der Waals surface area contributed by atoms with Crippen LogP contribution in [0.4, 0.5) is 4.39 Å². The van der Waals surface area contributed by atoms with E-state index in [0.717, 1.165) is 16.3 Å². The normalized spacial score (nSPS) is 12.7. The Morgan fingerprint density at radius 1 is 1.44 bits per heavy atom. The number of aromatic nitrogens is 1. The van der Waals surface area contributed by atoms with Crippen molar-refractivity contribution in [3.05, 3.63) is 50.7 Å². The van der Waals surface area contributed by atoms with Gasteiger partial charge in [-0.05, 0) is 31.0 Å². The predicted octanol–water partition coefficient (Wildman–Crippen LogP) is 3.39. The Kier molecular flexibility index (Phi) is 4.32. The van der Waals surface area contributed by atoms with Gasteiger partial charge in [-0.25, -0.2) is 9.37 Å². The van der Waals surface area contributed by atoms with Crippen molar-refractivity contribution < 1.29 is 9.50 Å². The quantitative estimate of drug-likeness (QED) is 0.934. The molecule has 0 aliphatic heterocycles. The maximum atomic E-state index is 13.0. The van der Waals surface area contributed by atoms with Gasteiger partial charge < -0.3 is 5.11 Å². The van der Waals surface area contributed by atoms with Gasteiger partial charge in [0.1, 0.15) is 5.82 Å². The van der Waals surface area contributed by atoms with Crippen molar-refractivity contribution in [2.75, 3.05) is 0 Å². The summed E-state index contributed by atoms with van der Waals surface area (Å²) in [5, 5.41) is 12.9. The molecule has 1 atom stereocenters. The fourth-order valence-electron chi connectivity index (χ4n) is 1.71. The maximum absolute atomic E-state index is 13.0. The minimum Gasteiger partial charge on any atom is -0.392 e. The molecule has 0 spiro atoms. The summed E-state index contributed by atoms with van der Waals surface area (Å²) in [5.41, 5.74) is 1.79. The Morgan fingerprint density at radius 3 is 2.83 bits per heavy atom. The van der Waals surface area contributed by atoms with Crippen molar-refractivity contribution in [3.8, 4) is 0 Å². The molecule has 18 heavy (non-hydrogen) atoms. The third-order valence-electron chi connectivity index (χ3n) is 2.53. The minimum atomic E-state index is -0.530. The first kappa shape index (κ1) is 13.5. The molecule has 1 heterocycles. The van der Waals surface area contributed by atoms with Gasteiger partial charge in [-0.2, -0.15) is 0 Å². The van der Waals surface area contributed by atoms with Crippen molar-refractivity contribution >= 4 is 22.9 Å². The second-order valence-electron chi connectivity index (χ2n) is 4.19. The van der Waals surface area contributed by atoms with Crippen molar-refractivity contribution in [2.24, 2.45) is 0 Å². The Bertz CT molecular complexity index is 544. The van der Waals surface area contributed by atoms with Crippen LogP contribution in [0.3, 0.4) is 0 Å². The number of hydrogen-bond donors (Lipinski definition) is 1. The molecule has 1 aromatic heterocycles. The fourth-order valence-corrected chi connectivity index (χ4v) is 2.76. The third kappa shape index (κ3) is 3.51. The summed E-state index contributed by atoms with van der Waals surface area (Å²) in [6, 6.07) is 4.50. The monoisotopic (exact) mass is 285 g/mol. The summed E-state index contributed by atoms with van der Waals surface area (Å²) < 4.78 is 13.0. The number of halogens is 2. The van der Waals surface area contributed by atoms with Crippen molar-refractivity contribution in [1.82, 2.24) is 4.98 Å². The van der Waals surface area contributed by atoms with E-state index in [4.69, 9.17) is 11.6 Å². The fraction of sp³-hybridized carbons (Fsp3) is 0.308. The Labute approximate surface area is 114 Å². The summed E-state index contributed by atoms with van der Waals surface area (Å²) in [5.74, 6) is -0.439. The zero-order chi connectivity index (χ0) is 13.1. The lowest BCUT2D eigenvalue weighted by Crippen LogP contribution is -2.13. The van der Waals surface area contributed by atoms with Crippen LogP contribution in [0, 0.1) is 12.7 Å². The lowest BCUT2D eigenvalue weighted by atomic mass is 10.1. The molecule has 1 unspecified atom stereocenters. The Balaban J connectivity index is 1.98. The van der Waals surface area contributed by atoms with Crippen LogP contribution < -0.4 is 0 Å². The van der Waals surface area contributed by atoms with Gasteiger partial charge >= 0.3 is 0 Å². The van der Waals surface area contributed by atoms with Crippen LogP contribution in [0.25, 0.3) is 0 Å². The van der Waals surface area contributed by atoms with Crippen molar-refractivity contribution in [2.45, 2.75) is 25.9 Å². The number of hydrogen-bond acceptors (Lipinski definition) is 3. The zero-order valence-electron chi connectivity index (χ0n) is 9.86. The number of rotatable bonds is 4. The van der Waals surface area contributed by atoms with Gasteiger partial charge in [-0.3, -0.25) is 0 Å². The molecule has 0 aliphatic rings. The number of thiazole rings is 1. The smallest absolute Gasteiger partial charge is 0.141 e. The van der Waals surface area contributed by atoms with Gasteiger partial charge in [-0.1, -0.05) is 17.7 Å². The van der Waals surface area contributed by atoms with Crippen LogP contribution in [0.15, 0.2) is 23.6 Å². The van der Waals surface area contributed by atoms with E-state index in [1.165, 1.54) is 17.4 Å². The molecule has 2 nitrogen and oxygen atoms in total. The lowest BCUT2D eigenvalue weighted by Gasteiger charge is -2.09. The van der Waals surface area contributed by atoms with E-state index in [1.807, 2.05) is 12.3 Å². The van der Waals surface area contributed by atoms with E-state index in [2.05, 4.69) is 4.98 Å². The van der Waals surface area contributed by atoms with Crippen LogP contribution in [-0.4, -0.2) is 16.2 Å². The maximum Gasteiger partial charge on any atom is 0.141 e. The molecule has 0 bridgehead atoms. The molecule has 0 amide bonds. The molecule has 0 radical (unpaired) electrons. The van der Waals surface area contributed by atoms with Gasteiger partial charge in [0.25, 0.3) is 0 Å². The molecule has 2 rings (SSSR count). The summed E-state index contributed by atoms with van der Waals surface area (Å²) in [6.07, 6.45) is 0.420. The number of aryl methyl sites for hydroxylation is 1. The highest BCUT2D eigenvalue weighted by Crippen LogP contribution is 2.18. The Hall–Kier alpha value is -0.970. The summed E-state index contributed by atoms with van der Waals surface area (Å²) in [7, 11) is 0. The second-order valence-corrected chi connectivity index (χ2v) is 5.54. The SMILES string of the molecule is Cc1csc(CC(O)Cc2ccc(F)c(Cl)c2)n1. The van der Waals surface area contributed by atoms with E-state index in [-0.39, 0.29) is 5.02 Å². The average Bonchev–Trinajstić information content (AvgIpc) is 2.69. The highest BCUT2D eigenvalue weighted by atomic mass is 35.5. The van der Waals surface area contributed by atoms with Crippen LogP contribution in [0.2, 0.25) is 5.02 Å². The number of benzene rings is 1. The number of nitrogens with zero attached hydrogens (tertiary/aromatic N) is 1. The largest absolute Gasteiger partial charge is 0.392 e. The molecular weight excluding hydrogens is 273 g/mol. The molecule has 1 aromatic carbocycles. The van der Waals surface area contributed by atoms with E-state index in [9.17, 15) is 9.50 Å². The van der Waals surface area contributed by atoms with Crippen molar-refractivity contribution in [3.63, 3.8) is 0 Å². The molecule has 0 saturated heterocycles.